The van der Waals surface area contributed by atoms with Gasteiger partial charge in [0.25, 0.3) is 11.7 Å². The molecule has 0 bridgehead atoms. The standard InChI is InChI=1S/C30H32N2O5/c1-5-36-23-10-8-22(9-11-23)27-26(29(34)30(35)32(27)17-21-7-6-14-31-16-21)28(33)25-13-12-24(15-20(25)4)37-18-19(2)3/h6-16,19,27,33H,5,17-18H2,1-4H3/b28-26+/t27-/m1/s1. The zero-order valence-corrected chi connectivity index (χ0v) is 21.6. The van der Waals surface area contributed by atoms with E-state index < -0.39 is 17.7 Å². The van der Waals surface area contributed by atoms with E-state index in [1.165, 1.54) is 4.90 Å². The molecule has 2 heterocycles. The molecule has 192 valence electrons. The van der Waals surface area contributed by atoms with Gasteiger partial charge in [-0.25, -0.2) is 0 Å². The average Bonchev–Trinajstić information content (AvgIpc) is 3.13. The summed E-state index contributed by atoms with van der Waals surface area (Å²) in [5.41, 5.74) is 2.75. The maximum atomic E-state index is 13.4. The van der Waals surface area contributed by atoms with Crippen LogP contribution in [0, 0.1) is 12.8 Å². The van der Waals surface area contributed by atoms with Crippen LogP contribution in [0.3, 0.4) is 0 Å². The largest absolute Gasteiger partial charge is 0.507 e. The fourth-order valence-corrected chi connectivity index (χ4v) is 4.39. The molecular weight excluding hydrogens is 468 g/mol. The lowest BCUT2D eigenvalue weighted by Crippen LogP contribution is -2.29. The lowest BCUT2D eigenvalue weighted by molar-refractivity contribution is -0.140. The summed E-state index contributed by atoms with van der Waals surface area (Å²) in [5.74, 6) is 0.141. The van der Waals surface area contributed by atoms with Gasteiger partial charge in [-0.05, 0) is 72.9 Å². The number of aromatic nitrogens is 1. The second-order valence-corrected chi connectivity index (χ2v) is 9.47. The van der Waals surface area contributed by atoms with Gasteiger partial charge in [0.2, 0.25) is 0 Å². The van der Waals surface area contributed by atoms with E-state index in [2.05, 4.69) is 18.8 Å². The molecule has 1 saturated heterocycles. The van der Waals surface area contributed by atoms with Crippen molar-refractivity contribution in [1.29, 1.82) is 0 Å². The highest BCUT2D eigenvalue weighted by molar-refractivity contribution is 6.46. The molecule has 37 heavy (non-hydrogen) atoms. The van der Waals surface area contributed by atoms with Crippen LogP contribution in [0.4, 0.5) is 0 Å². The Kier molecular flexibility index (Phi) is 7.92. The highest BCUT2D eigenvalue weighted by atomic mass is 16.5. The first kappa shape index (κ1) is 25.9. The molecule has 7 heteroatoms. The zero-order chi connectivity index (χ0) is 26.5. The van der Waals surface area contributed by atoms with Gasteiger partial charge in [0, 0.05) is 24.5 Å². The molecule has 0 unspecified atom stereocenters. The van der Waals surface area contributed by atoms with Crippen LogP contribution in [-0.4, -0.2) is 39.9 Å². The van der Waals surface area contributed by atoms with Crippen molar-refractivity contribution < 1.29 is 24.2 Å². The summed E-state index contributed by atoms with van der Waals surface area (Å²) >= 11 is 0. The fourth-order valence-electron chi connectivity index (χ4n) is 4.39. The molecule has 3 aromatic rings. The number of Topliss-reactive ketones (excluding diaryl/α,β-unsaturated/α-hetero) is 1. The number of carbonyl (C=O) groups excluding carboxylic acids is 2. The van der Waals surface area contributed by atoms with Crippen LogP contribution in [0.15, 0.2) is 72.6 Å². The monoisotopic (exact) mass is 500 g/mol. The summed E-state index contributed by atoms with van der Waals surface area (Å²) < 4.78 is 11.4. The first-order valence-corrected chi connectivity index (χ1v) is 12.4. The lowest BCUT2D eigenvalue weighted by atomic mass is 9.93. The molecule has 1 atom stereocenters. The van der Waals surface area contributed by atoms with E-state index in [-0.39, 0.29) is 17.9 Å². The minimum absolute atomic E-state index is 0.0528. The molecule has 1 aliphatic heterocycles. The van der Waals surface area contributed by atoms with Gasteiger partial charge in [0.15, 0.2) is 0 Å². The number of amides is 1. The third-order valence-corrected chi connectivity index (χ3v) is 6.16. The molecule has 2 aromatic carbocycles. The van der Waals surface area contributed by atoms with Gasteiger partial charge >= 0.3 is 0 Å². The van der Waals surface area contributed by atoms with Gasteiger partial charge in [-0.2, -0.15) is 0 Å². The number of benzene rings is 2. The van der Waals surface area contributed by atoms with Crippen molar-refractivity contribution in [2.45, 2.75) is 40.3 Å². The highest BCUT2D eigenvalue weighted by Crippen LogP contribution is 2.41. The number of likely N-dealkylation sites (tertiary alicyclic amines) is 1. The van der Waals surface area contributed by atoms with Gasteiger partial charge in [0.05, 0.1) is 24.8 Å². The predicted octanol–water partition coefficient (Wildman–Crippen LogP) is 5.45. The van der Waals surface area contributed by atoms with Crippen molar-refractivity contribution in [2.75, 3.05) is 13.2 Å². The molecule has 0 saturated carbocycles. The predicted molar refractivity (Wildman–Crippen MR) is 141 cm³/mol. The van der Waals surface area contributed by atoms with Crippen molar-refractivity contribution in [3.05, 3.63) is 94.8 Å². The summed E-state index contributed by atoms with van der Waals surface area (Å²) in [5, 5.41) is 11.5. The number of hydrogen-bond donors (Lipinski definition) is 1. The Morgan fingerprint density at radius 2 is 1.78 bits per heavy atom. The molecule has 4 rings (SSSR count). The van der Waals surface area contributed by atoms with E-state index in [0.29, 0.717) is 41.8 Å². The normalized spacial score (nSPS) is 16.9. The first-order valence-electron chi connectivity index (χ1n) is 12.4. The molecule has 0 aliphatic carbocycles. The SMILES string of the molecule is CCOc1ccc([C@@H]2/C(=C(\O)c3ccc(OCC(C)C)cc3C)C(=O)C(=O)N2Cc2cccnc2)cc1. The van der Waals surface area contributed by atoms with Crippen molar-refractivity contribution in [1.82, 2.24) is 9.88 Å². The number of aryl methyl sites for hydroxylation is 1. The number of nitrogens with zero attached hydrogens (tertiary/aromatic N) is 2. The van der Waals surface area contributed by atoms with Gasteiger partial charge < -0.3 is 19.5 Å². The van der Waals surface area contributed by atoms with Gasteiger partial charge in [-0.15, -0.1) is 0 Å². The molecule has 1 amide bonds. The van der Waals surface area contributed by atoms with Gasteiger partial charge in [-0.1, -0.05) is 32.0 Å². The summed E-state index contributed by atoms with van der Waals surface area (Å²) in [4.78, 5) is 32.2. The fraction of sp³-hybridized carbons (Fsp3) is 0.300. The highest BCUT2D eigenvalue weighted by Gasteiger charge is 2.46. The second-order valence-electron chi connectivity index (χ2n) is 9.47. The van der Waals surface area contributed by atoms with Crippen molar-refractivity contribution in [3.8, 4) is 11.5 Å². The maximum absolute atomic E-state index is 13.4. The van der Waals surface area contributed by atoms with Gasteiger partial charge in [0.1, 0.15) is 17.3 Å². The van der Waals surface area contributed by atoms with E-state index in [1.807, 2.05) is 38.1 Å². The third-order valence-electron chi connectivity index (χ3n) is 6.16. The Morgan fingerprint density at radius 1 is 1.05 bits per heavy atom. The summed E-state index contributed by atoms with van der Waals surface area (Å²) in [6.07, 6.45) is 3.31. The summed E-state index contributed by atoms with van der Waals surface area (Å²) in [7, 11) is 0. The van der Waals surface area contributed by atoms with E-state index in [1.54, 1.807) is 42.7 Å². The molecule has 0 spiro atoms. The maximum Gasteiger partial charge on any atom is 0.295 e. The Balaban J connectivity index is 1.79. The molecular formula is C30H32N2O5. The summed E-state index contributed by atoms with van der Waals surface area (Å²) in [6.45, 7) is 9.15. The molecule has 1 fully saturated rings. The van der Waals surface area contributed by atoms with Crippen LogP contribution in [0.25, 0.3) is 5.76 Å². The average molecular weight is 501 g/mol. The molecule has 1 aliphatic rings. The van der Waals surface area contributed by atoms with Crippen molar-refractivity contribution in [2.24, 2.45) is 5.92 Å². The molecule has 0 radical (unpaired) electrons. The van der Waals surface area contributed by atoms with Gasteiger partial charge in [-0.3, -0.25) is 14.6 Å². The Hall–Kier alpha value is -4.13. The Bertz CT molecular complexity index is 1300. The Morgan fingerprint density at radius 3 is 2.41 bits per heavy atom. The summed E-state index contributed by atoms with van der Waals surface area (Å²) in [6, 6.07) is 15.4. The zero-order valence-electron chi connectivity index (χ0n) is 21.6. The van der Waals surface area contributed by atoms with Crippen LogP contribution in [-0.2, 0) is 16.1 Å². The van der Waals surface area contributed by atoms with Crippen LogP contribution < -0.4 is 9.47 Å². The number of hydrogen-bond acceptors (Lipinski definition) is 6. The third kappa shape index (κ3) is 5.66. The van der Waals surface area contributed by atoms with E-state index in [0.717, 1.165) is 11.1 Å². The number of pyridine rings is 1. The number of rotatable bonds is 9. The molecule has 7 nitrogen and oxygen atoms in total. The number of aliphatic hydroxyl groups is 1. The minimum atomic E-state index is -0.771. The smallest absolute Gasteiger partial charge is 0.295 e. The second kappa shape index (κ2) is 11.3. The van der Waals surface area contributed by atoms with Crippen LogP contribution in [0.2, 0.25) is 0 Å². The van der Waals surface area contributed by atoms with Crippen LogP contribution in [0.1, 0.15) is 49.1 Å². The van der Waals surface area contributed by atoms with Crippen LogP contribution >= 0.6 is 0 Å². The topological polar surface area (TPSA) is 89.0 Å². The minimum Gasteiger partial charge on any atom is -0.507 e. The molecule has 1 N–H and O–H groups in total. The van der Waals surface area contributed by atoms with E-state index in [4.69, 9.17) is 9.47 Å². The Labute approximate surface area is 217 Å². The molecule has 1 aromatic heterocycles. The number of aliphatic hydroxyl groups excluding tert-OH is 1. The number of ether oxygens (including phenoxy) is 2. The quantitative estimate of drug-likeness (QED) is 0.239. The van der Waals surface area contributed by atoms with Crippen molar-refractivity contribution in [3.63, 3.8) is 0 Å². The van der Waals surface area contributed by atoms with Crippen LogP contribution in [0.5, 0.6) is 11.5 Å². The number of ketones is 1. The van der Waals surface area contributed by atoms with Crippen molar-refractivity contribution >= 4 is 17.4 Å². The van der Waals surface area contributed by atoms with E-state index >= 15 is 0 Å². The number of carbonyl (C=O) groups is 2. The lowest BCUT2D eigenvalue weighted by Gasteiger charge is -2.25. The first-order chi connectivity index (χ1) is 17.8. The van der Waals surface area contributed by atoms with E-state index in [9.17, 15) is 14.7 Å².